The molecule has 0 saturated carbocycles. The highest BCUT2D eigenvalue weighted by molar-refractivity contribution is 7.89. The normalized spacial score (nSPS) is 15.5. The van der Waals surface area contributed by atoms with Crippen molar-refractivity contribution in [2.45, 2.75) is 4.90 Å². The van der Waals surface area contributed by atoms with Gasteiger partial charge in [0.2, 0.25) is 10.0 Å². The molecule has 0 amide bonds. The van der Waals surface area contributed by atoms with Crippen molar-refractivity contribution in [3.05, 3.63) is 66.9 Å². The van der Waals surface area contributed by atoms with Gasteiger partial charge in [-0.25, -0.2) is 8.42 Å². The lowest BCUT2D eigenvalue weighted by molar-refractivity contribution is 0.378. The second-order valence-electron chi connectivity index (χ2n) is 6.56. The molecular weight excluding hydrogens is 376 g/mol. The van der Waals surface area contributed by atoms with Crippen LogP contribution in [-0.2, 0) is 10.0 Å². The van der Waals surface area contributed by atoms with Gasteiger partial charge in [-0.2, -0.15) is 4.31 Å². The third-order valence-electron chi connectivity index (χ3n) is 4.96. The maximum absolute atomic E-state index is 13.0. The van der Waals surface area contributed by atoms with Crippen molar-refractivity contribution in [1.29, 1.82) is 0 Å². The van der Waals surface area contributed by atoms with Crippen molar-refractivity contribution in [2.75, 3.05) is 38.2 Å². The summed E-state index contributed by atoms with van der Waals surface area (Å²) in [6.45, 7) is 2.09. The Morgan fingerprint density at radius 3 is 2.25 bits per heavy atom. The molecule has 1 fully saturated rings. The van der Waals surface area contributed by atoms with Gasteiger partial charge in [-0.05, 0) is 48.5 Å². The highest BCUT2D eigenvalue weighted by Gasteiger charge is 2.29. The van der Waals surface area contributed by atoms with Crippen LogP contribution in [0.2, 0.25) is 0 Å². The first-order chi connectivity index (χ1) is 13.6. The summed E-state index contributed by atoms with van der Waals surface area (Å²) in [5.74, 6) is 1.52. The average molecular weight is 398 g/mol. The van der Waals surface area contributed by atoms with E-state index in [1.165, 1.54) is 0 Å². The van der Waals surface area contributed by atoms with Gasteiger partial charge in [0.15, 0.2) is 0 Å². The summed E-state index contributed by atoms with van der Waals surface area (Å²) in [4.78, 5) is 2.46. The van der Waals surface area contributed by atoms with Gasteiger partial charge in [-0.3, -0.25) is 0 Å². The van der Waals surface area contributed by atoms with Crippen molar-refractivity contribution >= 4 is 15.7 Å². The number of benzene rings is 2. The number of para-hydroxylation sites is 2. The maximum atomic E-state index is 13.0. The lowest BCUT2D eigenvalue weighted by Gasteiger charge is -2.35. The van der Waals surface area contributed by atoms with Gasteiger partial charge in [0.05, 0.1) is 24.0 Å². The number of furan rings is 1. The number of anilines is 1. The molecular formula is C21H22N2O4S. The molecule has 0 spiro atoms. The minimum atomic E-state index is -3.52. The third kappa shape index (κ3) is 3.50. The van der Waals surface area contributed by atoms with Crippen LogP contribution in [0.15, 0.2) is 76.2 Å². The van der Waals surface area contributed by atoms with E-state index in [4.69, 9.17) is 9.15 Å². The Morgan fingerprint density at radius 1 is 0.893 bits per heavy atom. The summed E-state index contributed by atoms with van der Waals surface area (Å²) >= 11 is 0. The summed E-state index contributed by atoms with van der Waals surface area (Å²) < 4.78 is 38.3. The van der Waals surface area contributed by atoms with Crippen LogP contribution in [0.25, 0.3) is 11.3 Å². The monoisotopic (exact) mass is 398 g/mol. The molecule has 146 valence electrons. The molecule has 0 atom stereocenters. The Morgan fingerprint density at radius 2 is 1.61 bits per heavy atom. The van der Waals surface area contributed by atoms with Crippen molar-refractivity contribution in [2.24, 2.45) is 0 Å². The second-order valence-corrected chi connectivity index (χ2v) is 8.50. The Kier molecular flexibility index (Phi) is 5.11. The lowest BCUT2D eigenvalue weighted by atomic mass is 10.2. The zero-order chi connectivity index (χ0) is 19.6. The highest BCUT2D eigenvalue weighted by Crippen LogP contribution is 2.29. The van der Waals surface area contributed by atoms with Crippen molar-refractivity contribution < 1.29 is 17.6 Å². The number of nitrogens with zero attached hydrogens (tertiary/aromatic N) is 2. The Labute approximate surface area is 165 Å². The topological polar surface area (TPSA) is 63.0 Å². The van der Waals surface area contributed by atoms with Crippen molar-refractivity contribution in [3.63, 3.8) is 0 Å². The van der Waals surface area contributed by atoms with Crippen LogP contribution < -0.4 is 9.64 Å². The summed E-state index contributed by atoms with van der Waals surface area (Å²) in [6.07, 6.45) is 1.60. The van der Waals surface area contributed by atoms with Crippen LogP contribution in [0.1, 0.15) is 0 Å². The Bertz CT molecular complexity index is 1020. The number of rotatable bonds is 5. The fourth-order valence-corrected chi connectivity index (χ4v) is 4.87. The molecule has 0 bridgehead atoms. The van der Waals surface area contributed by atoms with Crippen LogP contribution in [0, 0.1) is 0 Å². The fourth-order valence-electron chi connectivity index (χ4n) is 3.44. The van der Waals surface area contributed by atoms with E-state index in [0.29, 0.717) is 31.1 Å². The van der Waals surface area contributed by atoms with E-state index in [9.17, 15) is 8.42 Å². The third-order valence-corrected chi connectivity index (χ3v) is 6.88. The number of sulfonamides is 1. The fraction of sp³-hybridized carbons (Fsp3) is 0.238. The Balaban J connectivity index is 1.48. The predicted octanol–water partition coefficient (Wildman–Crippen LogP) is 3.47. The van der Waals surface area contributed by atoms with Crippen LogP contribution in [0.4, 0.5) is 5.69 Å². The first-order valence-corrected chi connectivity index (χ1v) is 10.6. The molecule has 1 aromatic heterocycles. The molecule has 6 nitrogen and oxygen atoms in total. The first kappa shape index (κ1) is 18.6. The van der Waals surface area contributed by atoms with E-state index in [0.717, 1.165) is 22.8 Å². The summed E-state index contributed by atoms with van der Waals surface area (Å²) in [6, 6.07) is 18.3. The van der Waals surface area contributed by atoms with E-state index in [2.05, 4.69) is 4.90 Å². The number of ether oxygens (including phenoxy) is 1. The van der Waals surface area contributed by atoms with Gasteiger partial charge in [-0.15, -0.1) is 0 Å². The van der Waals surface area contributed by atoms with E-state index < -0.39 is 10.0 Å². The molecule has 3 aromatic rings. The van der Waals surface area contributed by atoms with Gasteiger partial charge in [0.25, 0.3) is 0 Å². The SMILES string of the molecule is COc1ccccc1N1CCN(S(=O)(=O)c2ccc(-c3ccco3)cc2)CC1. The summed E-state index contributed by atoms with van der Waals surface area (Å²) in [5.41, 5.74) is 1.84. The van der Waals surface area contributed by atoms with Crippen LogP contribution in [0.5, 0.6) is 5.75 Å². The number of hydrogen-bond donors (Lipinski definition) is 0. The summed E-state index contributed by atoms with van der Waals surface area (Å²) in [7, 11) is -1.88. The van der Waals surface area contributed by atoms with E-state index >= 15 is 0 Å². The highest BCUT2D eigenvalue weighted by atomic mass is 32.2. The minimum Gasteiger partial charge on any atom is -0.495 e. The quantitative estimate of drug-likeness (QED) is 0.659. The van der Waals surface area contributed by atoms with E-state index in [1.54, 1.807) is 48.0 Å². The first-order valence-electron chi connectivity index (χ1n) is 9.11. The molecule has 1 aliphatic heterocycles. The maximum Gasteiger partial charge on any atom is 0.243 e. The molecule has 2 heterocycles. The largest absolute Gasteiger partial charge is 0.495 e. The van der Waals surface area contributed by atoms with Gasteiger partial charge in [-0.1, -0.05) is 12.1 Å². The van der Waals surface area contributed by atoms with Gasteiger partial charge >= 0.3 is 0 Å². The van der Waals surface area contributed by atoms with Gasteiger partial charge < -0.3 is 14.1 Å². The molecule has 1 saturated heterocycles. The van der Waals surface area contributed by atoms with Crippen LogP contribution in [-0.4, -0.2) is 46.0 Å². The second kappa shape index (κ2) is 7.69. The molecule has 2 aromatic carbocycles. The summed E-state index contributed by atoms with van der Waals surface area (Å²) in [5, 5.41) is 0. The molecule has 4 rings (SSSR count). The molecule has 0 radical (unpaired) electrons. The van der Waals surface area contributed by atoms with Crippen LogP contribution >= 0.6 is 0 Å². The molecule has 0 aliphatic carbocycles. The number of piperazine rings is 1. The molecule has 28 heavy (non-hydrogen) atoms. The minimum absolute atomic E-state index is 0.300. The van der Waals surface area contributed by atoms with Gasteiger partial charge in [0.1, 0.15) is 11.5 Å². The zero-order valence-corrected chi connectivity index (χ0v) is 16.4. The van der Waals surface area contributed by atoms with Crippen molar-refractivity contribution in [3.8, 4) is 17.1 Å². The Hall–Kier alpha value is -2.77. The lowest BCUT2D eigenvalue weighted by Crippen LogP contribution is -2.48. The molecule has 7 heteroatoms. The zero-order valence-electron chi connectivity index (χ0n) is 15.6. The number of hydrogen-bond acceptors (Lipinski definition) is 5. The van der Waals surface area contributed by atoms with E-state index in [-0.39, 0.29) is 0 Å². The average Bonchev–Trinajstić information content (AvgIpc) is 3.29. The van der Waals surface area contributed by atoms with Gasteiger partial charge in [0, 0.05) is 31.7 Å². The smallest absolute Gasteiger partial charge is 0.243 e. The molecule has 0 unspecified atom stereocenters. The number of methoxy groups -OCH3 is 1. The molecule has 0 N–H and O–H groups in total. The van der Waals surface area contributed by atoms with Crippen molar-refractivity contribution in [1.82, 2.24) is 4.31 Å². The predicted molar refractivity (Wildman–Crippen MR) is 108 cm³/mol. The standard InChI is InChI=1S/C21H22N2O4S/c1-26-21-6-3-2-5-19(21)22-12-14-23(15-13-22)28(24,25)18-10-8-17(9-11-18)20-7-4-16-27-20/h2-11,16H,12-15H2,1H3. The van der Waals surface area contributed by atoms with E-state index in [1.807, 2.05) is 30.3 Å². The molecule has 1 aliphatic rings. The van der Waals surface area contributed by atoms with Crippen LogP contribution in [0.3, 0.4) is 0 Å².